The van der Waals surface area contributed by atoms with Crippen LogP contribution in [0.1, 0.15) is 21.5 Å². The Morgan fingerprint density at radius 3 is 2.62 bits per heavy atom. The number of Topliss-reactive ketones (excluding diaryl/α,β-unsaturated/α-hetero) is 1. The fraction of sp³-hybridized carbons (Fsp3) is 0.174. The molecule has 1 aliphatic heterocycles. The van der Waals surface area contributed by atoms with Crippen molar-refractivity contribution in [2.24, 2.45) is 0 Å². The van der Waals surface area contributed by atoms with Crippen molar-refractivity contribution >= 4 is 61.7 Å². The van der Waals surface area contributed by atoms with Crippen LogP contribution in [0.3, 0.4) is 0 Å². The maximum atomic E-state index is 15.0. The quantitative estimate of drug-likeness (QED) is 0.474. The Labute approximate surface area is 204 Å². The SMILES string of the molecule is CNc1cc2c(cc1Cl)C(=O)N(c1ccc(CC(=O)CS(=O)(=O)c3cccs3)cc1F)C(=O)C2. The summed E-state index contributed by atoms with van der Waals surface area (Å²) in [6, 6.07) is 9.68. The van der Waals surface area contributed by atoms with Crippen molar-refractivity contribution in [3.05, 3.63) is 75.4 Å². The average molecular weight is 521 g/mol. The van der Waals surface area contributed by atoms with E-state index in [0.717, 1.165) is 22.3 Å². The van der Waals surface area contributed by atoms with Crippen molar-refractivity contribution in [3.63, 3.8) is 0 Å². The fourth-order valence-electron chi connectivity index (χ4n) is 3.72. The van der Waals surface area contributed by atoms with Gasteiger partial charge in [0.05, 0.1) is 22.8 Å². The number of nitrogens with one attached hydrogen (secondary N) is 1. The Balaban J connectivity index is 1.55. The molecule has 0 radical (unpaired) electrons. The predicted octanol–water partition coefficient (Wildman–Crippen LogP) is 3.90. The molecule has 1 aliphatic rings. The lowest BCUT2D eigenvalue weighted by Crippen LogP contribution is -2.43. The maximum Gasteiger partial charge on any atom is 0.265 e. The number of fused-ring (bicyclic) bond motifs is 1. The first-order valence-electron chi connectivity index (χ1n) is 10.0. The number of rotatable bonds is 7. The predicted molar refractivity (Wildman–Crippen MR) is 128 cm³/mol. The standard InChI is InChI=1S/C23H18ClFN2O5S2/c1-26-19-9-14-10-21(29)27(23(30)16(14)11-17(19)24)20-5-4-13(8-18(20)25)7-15(28)12-34(31,32)22-3-2-6-33-22/h2-6,8-9,11,26H,7,10,12H2,1H3. The Kier molecular flexibility index (Phi) is 6.57. The second-order valence-corrected chi connectivity index (χ2v) is 11.2. The van der Waals surface area contributed by atoms with E-state index >= 15 is 0 Å². The number of hydrogen-bond donors (Lipinski definition) is 1. The van der Waals surface area contributed by atoms with Crippen LogP contribution in [0.2, 0.25) is 5.02 Å². The molecule has 0 spiro atoms. The minimum Gasteiger partial charge on any atom is -0.387 e. The van der Waals surface area contributed by atoms with Crippen LogP contribution in [0.5, 0.6) is 0 Å². The number of benzene rings is 2. The van der Waals surface area contributed by atoms with Gasteiger partial charge in [0.25, 0.3) is 5.91 Å². The zero-order chi connectivity index (χ0) is 24.6. The number of thiophene rings is 1. The monoisotopic (exact) mass is 520 g/mol. The lowest BCUT2D eigenvalue weighted by atomic mass is 9.96. The van der Waals surface area contributed by atoms with Gasteiger partial charge in [-0.05, 0) is 46.8 Å². The van der Waals surface area contributed by atoms with E-state index in [1.165, 1.54) is 24.3 Å². The molecule has 3 aromatic rings. The molecule has 1 aromatic heterocycles. The molecule has 1 N–H and O–H groups in total. The van der Waals surface area contributed by atoms with Crippen LogP contribution >= 0.6 is 22.9 Å². The summed E-state index contributed by atoms with van der Waals surface area (Å²) in [5.74, 6) is -3.50. The third-order valence-electron chi connectivity index (χ3n) is 5.29. The van der Waals surface area contributed by atoms with Gasteiger partial charge >= 0.3 is 0 Å². The average Bonchev–Trinajstić information content (AvgIpc) is 3.31. The molecule has 4 rings (SSSR count). The van der Waals surface area contributed by atoms with E-state index in [1.807, 2.05) is 0 Å². The minimum atomic E-state index is -3.76. The molecule has 0 aliphatic carbocycles. The van der Waals surface area contributed by atoms with Gasteiger partial charge in [-0.1, -0.05) is 23.7 Å². The van der Waals surface area contributed by atoms with Gasteiger partial charge in [0.1, 0.15) is 15.8 Å². The van der Waals surface area contributed by atoms with E-state index in [2.05, 4.69) is 5.32 Å². The number of imide groups is 1. The highest BCUT2D eigenvalue weighted by Gasteiger charge is 2.34. The highest BCUT2D eigenvalue weighted by molar-refractivity contribution is 7.94. The third kappa shape index (κ3) is 4.61. The Morgan fingerprint density at radius 1 is 1.21 bits per heavy atom. The van der Waals surface area contributed by atoms with Crippen molar-refractivity contribution in [1.29, 1.82) is 0 Å². The summed E-state index contributed by atoms with van der Waals surface area (Å²) < 4.78 is 39.6. The summed E-state index contributed by atoms with van der Waals surface area (Å²) in [6.07, 6.45) is -0.428. The Morgan fingerprint density at radius 2 is 1.97 bits per heavy atom. The zero-order valence-electron chi connectivity index (χ0n) is 17.8. The molecule has 2 heterocycles. The number of amides is 2. The number of carbonyl (C=O) groups is 3. The fourth-order valence-corrected chi connectivity index (χ4v) is 6.31. The van der Waals surface area contributed by atoms with Crippen LogP contribution < -0.4 is 10.2 Å². The van der Waals surface area contributed by atoms with E-state index in [-0.39, 0.29) is 38.9 Å². The van der Waals surface area contributed by atoms with Gasteiger partial charge in [0.15, 0.2) is 15.6 Å². The molecule has 0 unspecified atom stereocenters. The number of sulfone groups is 1. The van der Waals surface area contributed by atoms with Crippen molar-refractivity contribution in [2.75, 3.05) is 23.0 Å². The molecule has 2 aromatic carbocycles. The molecule has 176 valence electrons. The number of nitrogens with zero attached hydrogens (tertiary/aromatic N) is 1. The molecule has 11 heteroatoms. The lowest BCUT2D eigenvalue weighted by molar-refractivity contribution is -0.118. The number of carbonyl (C=O) groups excluding carboxylic acids is 3. The highest BCUT2D eigenvalue weighted by Crippen LogP contribution is 2.33. The van der Waals surface area contributed by atoms with Gasteiger partial charge in [-0.25, -0.2) is 17.7 Å². The zero-order valence-corrected chi connectivity index (χ0v) is 20.2. The number of ketones is 1. The normalized spacial score (nSPS) is 13.7. The van der Waals surface area contributed by atoms with Gasteiger partial charge in [-0.15, -0.1) is 11.3 Å². The first kappa shape index (κ1) is 24.1. The van der Waals surface area contributed by atoms with E-state index < -0.39 is 39.0 Å². The first-order chi connectivity index (χ1) is 16.1. The Bertz CT molecular complexity index is 1420. The van der Waals surface area contributed by atoms with Crippen LogP contribution in [0.4, 0.5) is 15.8 Å². The van der Waals surface area contributed by atoms with Crippen molar-refractivity contribution in [2.45, 2.75) is 17.1 Å². The molecule has 0 atom stereocenters. The summed E-state index contributed by atoms with van der Waals surface area (Å²) >= 11 is 7.18. The smallest absolute Gasteiger partial charge is 0.265 e. The largest absolute Gasteiger partial charge is 0.387 e. The third-order valence-corrected chi connectivity index (χ3v) is 8.77. The topological polar surface area (TPSA) is 101 Å². The second kappa shape index (κ2) is 9.28. The molecule has 0 bridgehead atoms. The summed E-state index contributed by atoms with van der Waals surface area (Å²) in [4.78, 5) is 38.8. The number of halogens is 2. The second-order valence-electron chi connectivity index (χ2n) is 7.64. The van der Waals surface area contributed by atoms with Gasteiger partial charge in [-0.2, -0.15) is 0 Å². The van der Waals surface area contributed by atoms with Crippen LogP contribution in [0, 0.1) is 5.82 Å². The number of hydrogen-bond acceptors (Lipinski definition) is 7. The lowest BCUT2D eigenvalue weighted by Gasteiger charge is -2.28. The molecule has 7 nitrogen and oxygen atoms in total. The van der Waals surface area contributed by atoms with Gasteiger partial charge in [-0.3, -0.25) is 14.4 Å². The Hall–Kier alpha value is -3.08. The molecule has 0 saturated heterocycles. The van der Waals surface area contributed by atoms with E-state index in [0.29, 0.717) is 11.3 Å². The van der Waals surface area contributed by atoms with E-state index in [4.69, 9.17) is 11.6 Å². The van der Waals surface area contributed by atoms with Gasteiger partial charge < -0.3 is 5.32 Å². The summed E-state index contributed by atoms with van der Waals surface area (Å²) in [6.45, 7) is 0. The molecular weight excluding hydrogens is 503 g/mol. The van der Waals surface area contributed by atoms with E-state index in [1.54, 1.807) is 24.6 Å². The molecule has 0 fully saturated rings. The molecule has 0 saturated carbocycles. The summed E-state index contributed by atoms with van der Waals surface area (Å²) in [7, 11) is -2.10. The first-order valence-corrected chi connectivity index (χ1v) is 13.0. The van der Waals surface area contributed by atoms with Crippen LogP contribution in [0.25, 0.3) is 0 Å². The summed E-state index contributed by atoms with van der Waals surface area (Å²) in [5, 5.41) is 4.76. The van der Waals surface area contributed by atoms with Crippen LogP contribution in [-0.4, -0.2) is 38.8 Å². The molecule has 2 amide bonds. The van der Waals surface area contributed by atoms with Gasteiger partial charge in [0, 0.05) is 19.0 Å². The van der Waals surface area contributed by atoms with Crippen LogP contribution in [-0.2, 0) is 32.3 Å². The highest BCUT2D eigenvalue weighted by atomic mass is 35.5. The van der Waals surface area contributed by atoms with E-state index in [9.17, 15) is 27.2 Å². The van der Waals surface area contributed by atoms with Crippen molar-refractivity contribution < 1.29 is 27.2 Å². The number of anilines is 2. The summed E-state index contributed by atoms with van der Waals surface area (Å²) in [5.41, 5.74) is 1.22. The van der Waals surface area contributed by atoms with Gasteiger partial charge in [0.2, 0.25) is 5.91 Å². The molecular formula is C23H18ClFN2O5S2. The minimum absolute atomic E-state index is 0.0896. The van der Waals surface area contributed by atoms with Crippen molar-refractivity contribution in [1.82, 2.24) is 0 Å². The maximum absolute atomic E-state index is 15.0. The van der Waals surface area contributed by atoms with Crippen molar-refractivity contribution in [3.8, 4) is 0 Å². The molecule has 34 heavy (non-hydrogen) atoms. The van der Waals surface area contributed by atoms with Crippen LogP contribution in [0.15, 0.2) is 52.1 Å².